The summed E-state index contributed by atoms with van der Waals surface area (Å²) in [5.74, 6) is -7.37. The van der Waals surface area contributed by atoms with Crippen LogP contribution in [0.4, 0.5) is 113 Å². The van der Waals surface area contributed by atoms with Crippen molar-refractivity contribution in [2.45, 2.75) is 98.8 Å². The number of amides is 3. The third-order valence-electron chi connectivity index (χ3n) is 16.2. The van der Waals surface area contributed by atoms with Gasteiger partial charge in [0.15, 0.2) is 69.6 Å². The highest BCUT2D eigenvalue weighted by Crippen LogP contribution is 2.31. The number of carbonyl (C=O) groups excluding carboxylic acids is 5. The standard InChI is InChI=1S/C28H32F2N6O4.C27H30F2N6O4.C22H21F2N5O3.C6H13NO2.B/c1-6-24(37)33-18-8-7-9-19(12-18)34-26-22(30)14-32-28(36-26)35-20-10-11-23(21(29)13-20)40-17(4)15-39-27(38)25(31-5)16(2)3;1-5-23(36)32-17-7-6-8-18(11-17)33-25-21(29)13-31-27(35-25)34-19-9-10-22(20(28)12-19)39-16(4)14-38-26(37)24(30)15(2)3;1-3-20(31)26-14-5-4-6-15(9-14)27-21-18(24)11-25-22(29-21)28-16-7-8-19(17(23)10-16)32-13(2)12-30;1-4(2)5(7-3)6(8)9;/h6-14,16-17,25,31H,1,15H2,2-5H3,(H,33,37)(H2,32,34,35,36);5-13,15-16,24H,1,14,30H2,2-4H3,(H,32,36)(H2,31,33,34,35);3-11,13,30H,1,12H2,2H3,(H,26,31)(H2,25,27,28,29);4-5,7H,1-3H3,(H,8,9);/t17-,25+;16-,24+;13-;5-;/m1110./s1. The van der Waals surface area contributed by atoms with Gasteiger partial charge in [-0.3, -0.25) is 28.8 Å². The zero-order chi connectivity index (χ0) is 88.3. The maximum atomic E-state index is 14.8. The Labute approximate surface area is 697 Å². The van der Waals surface area contributed by atoms with Crippen molar-refractivity contribution in [1.82, 2.24) is 40.5 Å². The van der Waals surface area contributed by atoms with Crippen LogP contribution in [-0.4, -0.2) is 155 Å². The van der Waals surface area contributed by atoms with Crippen LogP contribution in [-0.2, 0) is 38.2 Å². The molecule has 0 bridgehead atoms. The number of benzene rings is 6. The molecule has 0 fully saturated rings. The molecular formula is C83H96BF6N18O13. The Morgan fingerprint density at radius 3 is 0.975 bits per heavy atom. The fourth-order valence-corrected chi connectivity index (χ4v) is 10.0. The molecule has 3 radical (unpaired) electrons. The lowest BCUT2D eigenvalue weighted by Gasteiger charge is -2.21. The number of aliphatic hydroxyl groups excluding tert-OH is 1. The molecule has 3 amide bonds. The minimum Gasteiger partial charge on any atom is -0.485 e. The molecule has 6 aromatic carbocycles. The third kappa shape index (κ3) is 32.6. The van der Waals surface area contributed by atoms with Gasteiger partial charge in [-0.2, -0.15) is 15.0 Å². The third-order valence-corrected chi connectivity index (χ3v) is 16.2. The van der Waals surface area contributed by atoms with Crippen LogP contribution in [0.25, 0.3) is 0 Å². The van der Waals surface area contributed by atoms with E-state index in [9.17, 15) is 55.1 Å². The highest BCUT2D eigenvalue weighted by Gasteiger charge is 2.25. The Morgan fingerprint density at radius 2 is 0.711 bits per heavy atom. The molecule has 0 unspecified atom stereocenters. The summed E-state index contributed by atoms with van der Waals surface area (Å²) in [6, 6.07) is 30.5. The van der Waals surface area contributed by atoms with Crippen LogP contribution in [0.3, 0.4) is 0 Å². The maximum absolute atomic E-state index is 14.8. The first-order valence-corrected chi connectivity index (χ1v) is 37.1. The summed E-state index contributed by atoms with van der Waals surface area (Å²) >= 11 is 0. The largest absolute Gasteiger partial charge is 0.485 e. The predicted octanol–water partition coefficient (Wildman–Crippen LogP) is 13.6. The smallest absolute Gasteiger partial charge is 0.323 e. The van der Waals surface area contributed by atoms with E-state index in [-0.39, 0.29) is 122 Å². The number of likely N-dealkylation sites (N-methyl/N-ethyl adjacent to an activating group) is 2. The van der Waals surface area contributed by atoms with Gasteiger partial charge in [-0.15, -0.1) is 0 Å². The van der Waals surface area contributed by atoms with Crippen LogP contribution >= 0.6 is 0 Å². The number of anilines is 15. The van der Waals surface area contributed by atoms with Crippen LogP contribution in [0.5, 0.6) is 17.2 Å². The van der Waals surface area contributed by atoms with Gasteiger partial charge in [0.2, 0.25) is 35.6 Å². The molecule has 38 heteroatoms. The van der Waals surface area contributed by atoms with Crippen LogP contribution in [0.15, 0.2) is 184 Å². The molecule has 9 aromatic rings. The van der Waals surface area contributed by atoms with Gasteiger partial charge in [0.05, 0.1) is 25.2 Å². The molecule has 0 aliphatic rings. The van der Waals surface area contributed by atoms with E-state index in [1.807, 2.05) is 27.7 Å². The molecule has 3 aromatic heterocycles. The Morgan fingerprint density at radius 1 is 0.413 bits per heavy atom. The number of rotatable bonds is 37. The number of hydrogen-bond acceptors (Lipinski definition) is 27. The average molecular weight is 1680 g/mol. The van der Waals surface area contributed by atoms with Crippen LogP contribution in [0.2, 0.25) is 0 Å². The van der Waals surface area contributed by atoms with Crippen LogP contribution in [0.1, 0.15) is 62.3 Å². The SMILES string of the molecule is C=CC(=O)Nc1cccc(Nc2nc(Nc3ccc(O[C@H](C)CO)c(F)c3)ncc2F)c1.C=CC(=O)Nc1cccc(Nc2nc(Nc3ccc(O[C@H](C)COC(=O)[C@@H](N)C(C)C)c(F)c3)ncc2F)c1.C=CC(=O)Nc1cccc(Nc2nc(Nc3ccc(O[C@H](C)COC(=O)[C@@H](NC)C(C)C)c(F)c3)ncc2F)c1.CN[C@H](C(=O)O)C(C)C.[B]. The van der Waals surface area contributed by atoms with Crippen molar-refractivity contribution in [3.8, 4) is 17.2 Å². The zero-order valence-corrected chi connectivity index (χ0v) is 68.0. The van der Waals surface area contributed by atoms with Gasteiger partial charge in [-0.25, -0.2) is 41.3 Å². The van der Waals surface area contributed by atoms with Crippen molar-refractivity contribution < 1.29 is 89.0 Å². The fourth-order valence-electron chi connectivity index (χ4n) is 10.0. The normalized spacial score (nSPS) is 12.0. The monoisotopic (exact) mass is 1680 g/mol. The number of aliphatic carboxylic acids is 1. The van der Waals surface area contributed by atoms with Crippen molar-refractivity contribution in [2.24, 2.45) is 23.5 Å². The van der Waals surface area contributed by atoms with Crippen molar-refractivity contribution in [3.63, 3.8) is 0 Å². The second kappa shape index (κ2) is 48.9. The molecule has 31 nitrogen and oxygen atoms in total. The minimum absolute atomic E-state index is 0. The van der Waals surface area contributed by atoms with Gasteiger partial charge in [-0.1, -0.05) is 79.5 Å². The van der Waals surface area contributed by atoms with Crippen LogP contribution in [0, 0.1) is 52.7 Å². The summed E-state index contributed by atoms with van der Waals surface area (Å²) in [7, 11) is 3.33. The average Bonchev–Trinajstić information content (AvgIpc) is 0.836. The van der Waals surface area contributed by atoms with E-state index in [1.54, 1.807) is 128 Å². The van der Waals surface area contributed by atoms with E-state index >= 15 is 0 Å². The minimum atomic E-state index is -0.785. The van der Waals surface area contributed by atoms with Crippen molar-refractivity contribution >= 4 is 131 Å². The fraction of sp³-hybridized carbons (Fsp3) is 0.277. The lowest BCUT2D eigenvalue weighted by molar-refractivity contribution is -0.149. The number of hydrogen-bond donors (Lipinski definition) is 14. The number of nitrogens with zero attached hydrogens (tertiary/aromatic N) is 6. The van der Waals surface area contributed by atoms with E-state index in [1.165, 1.54) is 42.5 Å². The van der Waals surface area contributed by atoms with Crippen molar-refractivity contribution in [3.05, 3.63) is 219 Å². The Bertz CT molecular complexity index is 5010. The van der Waals surface area contributed by atoms with Gasteiger partial charge in [0.1, 0.15) is 49.7 Å². The van der Waals surface area contributed by atoms with E-state index < -0.39 is 89.2 Å². The first kappa shape index (κ1) is 97.9. The molecule has 0 aliphatic carbocycles. The molecular weight excluding hydrogens is 1580 g/mol. The number of nitrogens with one attached hydrogen (secondary N) is 11. The molecule has 121 heavy (non-hydrogen) atoms. The van der Waals surface area contributed by atoms with Crippen molar-refractivity contribution in [2.75, 3.05) is 81.8 Å². The Kier molecular flexibility index (Phi) is 39.5. The quantitative estimate of drug-likeness (QED) is 0.00744. The lowest BCUT2D eigenvalue weighted by atomic mass is 10.1. The molecule has 6 atom stereocenters. The topological polar surface area (TPSA) is 425 Å². The Balaban J connectivity index is 0.000000307. The summed E-state index contributed by atoms with van der Waals surface area (Å²) in [6.45, 7) is 25.8. The molecule has 641 valence electrons. The van der Waals surface area contributed by atoms with Crippen molar-refractivity contribution in [1.29, 1.82) is 0 Å². The number of carboxylic acids is 1. The Hall–Kier alpha value is -13.7. The number of aliphatic hydroxyl groups is 1. The second-order valence-corrected chi connectivity index (χ2v) is 27.0. The molecule has 0 saturated heterocycles. The van der Waals surface area contributed by atoms with Gasteiger partial charge >= 0.3 is 17.9 Å². The summed E-state index contributed by atoms with van der Waals surface area (Å²) in [5, 5.41) is 47.8. The summed E-state index contributed by atoms with van der Waals surface area (Å²) in [6.07, 6.45) is 4.52. The highest BCUT2D eigenvalue weighted by molar-refractivity contribution is 6.00. The molecule has 15 N–H and O–H groups in total. The highest BCUT2D eigenvalue weighted by atomic mass is 19.1. The number of carboxylic acid groups (broad SMARTS) is 1. The molecule has 0 saturated carbocycles. The van der Waals surface area contributed by atoms with Gasteiger partial charge in [0, 0.05) is 77.8 Å². The molecule has 0 spiro atoms. The number of ether oxygens (including phenoxy) is 5. The van der Waals surface area contributed by atoms with E-state index in [4.69, 9.17) is 39.6 Å². The van der Waals surface area contributed by atoms with E-state index in [2.05, 4.69) is 108 Å². The summed E-state index contributed by atoms with van der Waals surface area (Å²) in [5.41, 5.74) is 9.48. The zero-order valence-electron chi connectivity index (χ0n) is 68.0. The number of esters is 2. The predicted molar refractivity (Wildman–Crippen MR) is 452 cm³/mol. The second-order valence-electron chi connectivity index (χ2n) is 27.0. The molecule has 9 rings (SSSR count). The lowest BCUT2D eigenvalue weighted by Crippen LogP contribution is -2.41. The number of halogens is 6. The van der Waals surface area contributed by atoms with E-state index in [0.717, 1.165) is 42.9 Å². The van der Waals surface area contributed by atoms with Gasteiger partial charge in [0.25, 0.3) is 0 Å². The summed E-state index contributed by atoms with van der Waals surface area (Å²) < 4.78 is 114. The number of carbonyl (C=O) groups is 6. The van der Waals surface area contributed by atoms with E-state index in [0.29, 0.717) is 45.5 Å². The first-order valence-electron chi connectivity index (χ1n) is 37.1. The molecule has 3 heterocycles. The summed E-state index contributed by atoms with van der Waals surface area (Å²) in [4.78, 5) is 92.9. The first-order chi connectivity index (χ1) is 57.1. The van der Waals surface area contributed by atoms with Gasteiger partial charge < -0.3 is 98.1 Å². The number of aromatic nitrogens is 6. The van der Waals surface area contributed by atoms with Crippen LogP contribution < -0.4 is 78.4 Å². The maximum Gasteiger partial charge on any atom is 0.323 e. The van der Waals surface area contributed by atoms with Gasteiger partial charge in [-0.05, 0) is 162 Å². The number of nitrogens with two attached hydrogens (primary N) is 1. The molecule has 0 aliphatic heterocycles.